The SMILES string of the molecule is COc1cc(-c2nc(C3(N)CCC3)no2)cc(OC)c1C.Cl. The molecular weight excluding hydrogens is 306 g/mol. The summed E-state index contributed by atoms with van der Waals surface area (Å²) in [4.78, 5) is 4.44. The fourth-order valence-electron chi connectivity index (χ4n) is 2.53. The van der Waals surface area contributed by atoms with E-state index in [1.165, 1.54) is 0 Å². The van der Waals surface area contributed by atoms with Crippen LogP contribution in [-0.4, -0.2) is 24.4 Å². The zero-order chi connectivity index (χ0) is 15.0. The third-order valence-corrected chi connectivity index (χ3v) is 4.12. The van der Waals surface area contributed by atoms with Crippen molar-refractivity contribution in [1.29, 1.82) is 0 Å². The summed E-state index contributed by atoms with van der Waals surface area (Å²) in [7, 11) is 3.24. The molecule has 2 aromatic rings. The van der Waals surface area contributed by atoms with Crippen LogP contribution in [0.4, 0.5) is 0 Å². The number of ether oxygens (including phenoxy) is 2. The molecule has 0 saturated heterocycles. The minimum Gasteiger partial charge on any atom is -0.496 e. The van der Waals surface area contributed by atoms with Crippen LogP contribution < -0.4 is 15.2 Å². The number of hydrogen-bond acceptors (Lipinski definition) is 6. The van der Waals surface area contributed by atoms with E-state index in [9.17, 15) is 0 Å². The van der Waals surface area contributed by atoms with Crippen molar-refractivity contribution < 1.29 is 14.0 Å². The summed E-state index contributed by atoms with van der Waals surface area (Å²) >= 11 is 0. The first-order chi connectivity index (χ1) is 10.1. The Labute approximate surface area is 135 Å². The smallest absolute Gasteiger partial charge is 0.258 e. The second-order valence-corrected chi connectivity index (χ2v) is 5.44. The topological polar surface area (TPSA) is 83.4 Å². The quantitative estimate of drug-likeness (QED) is 0.930. The van der Waals surface area contributed by atoms with E-state index in [-0.39, 0.29) is 12.4 Å². The second kappa shape index (κ2) is 6.14. The normalized spacial score (nSPS) is 15.6. The Hall–Kier alpha value is -1.79. The first kappa shape index (κ1) is 16.6. The highest BCUT2D eigenvalue weighted by Crippen LogP contribution is 2.39. The largest absolute Gasteiger partial charge is 0.496 e. The monoisotopic (exact) mass is 325 g/mol. The molecule has 0 unspecified atom stereocenters. The predicted octanol–water partition coefficient (Wildman–Crippen LogP) is 2.82. The molecule has 1 aromatic carbocycles. The maximum atomic E-state index is 6.22. The molecule has 6 nitrogen and oxygen atoms in total. The molecule has 120 valence electrons. The Bertz CT molecular complexity index is 643. The van der Waals surface area contributed by atoms with Crippen LogP contribution in [0.3, 0.4) is 0 Å². The van der Waals surface area contributed by atoms with Crippen LogP contribution in [0.15, 0.2) is 16.7 Å². The molecule has 0 atom stereocenters. The molecular formula is C15H20ClN3O3. The zero-order valence-corrected chi connectivity index (χ0v) is 13.7. The maximum Gasteiger partial charge on any atom is 0.258 e. The minimum atomic E-state index is -0.430. The lowest BCUT2D eigenvalue weighted by Crippen LogP contribution is -2.44. The van der Waals surface area contributed by atoms with Gasteiger partial charge in [-0.3, -0.25) is 0 Å². The van der Waals surface area contributed by atoms with Gasteiger partial charge in [-0.05, 0) is 38.3 Å². The Balaban J connectivity index is 0.00000176. The van der Waals surface area contributed by atoms with Gasteiger partial charge in [0.15, 0.2) is 5.82 Å². The highest BCUT2D eigenvalue weighted by Gasteiger charge is 2.39. The van der Waals surface area contributed by atoms with E-state index in [0.717, 1.165) is 41.9 Å². The average molecular weight is 326 g/mol. The number of nitrogens with two attached hydrogens (primary N) is 1. The van der Waals surface area contributed by atoms with Crippen molar-refractivity contribution in [2.75, 3.05) is 14.2 Å². The fraction of sp³-hybridized carbons (Fsp3) is 0.467. The van der Waals surface area contributed by atoms with Crippen LogP contribution in [0, 0.1) is 6.92 Å². The van der Waals surface area contributed by atoms with Crippen molar-refractivity contribution in [3.8, 4) is 23.0 Å². The van der Waals surface area contributed by atoms with E-state index in [1.54, 1.807) is 14.2 Å². The molecule has 7 heteroatoms. The Morgan fingerprint density at radius 1 is 1.18 bits per heavy atom. The van der Waals surface area contributed by atoms with E-state index < -0.39 is 5.54 Å². The van der Waals surface area contributed by atoms with Crippen LogP contribution >= 0.6 is 12.4 Å². The van der Waals surface area contributed by atoms with Gasteiger partial charge in [0, 0.05) is 11.1 Å². The van der Waals surface area contributed by atoms with Gasteiger partial charge in [0.1, 0.15) is 11.5 Å². The Kier molecular flexibility index (Phi) is 4.63. The van der Waals surface area contributed by atoms with E-state index in [4.69, 9.17) is 19.7 Å². The molecule has 1 saturated carbocycles. The average Bonchev–Trinajstić information content (AvgIpc) is 2.95. The van der Waals surface area contributed by atoms with Gasteiger partial charge < -0.3 is 19.7 Å². The number of rotatable bonds is 4. The summed E-state index contributed by atoms with van der Waals surface area (Å²) < 4.78 is 16.1. The molecule has 1 aliphatic rings. The number of halogens is 1. The molecule has 3 rings (SSSR count). The first-order valence-corrected chi connectivity index (χ1v) is 6.93. The van der Waals surface area contributed by atoms with Crippen LogP contribution in [0.2, 0.25) is 0 Å². The van der Waals surface area contributed by atoms with Gasteiger partial charge in [-0.15, -0.1) is 12.4 Å². The van der Waals surface area contributed by atoms with Crippen molar-refractivity contribution in [2.45, 2.75) is 31.7 Å². The fourth-order valence-corrected chi connectivity index (χ4v) is 2.53. The predicted molar refractivity (Wildman–Crippen MR) is 84.5 cm³/mol. The van der Waals surface area contributed by atoms with Gasteiger partial charge >= 0.3 is 0 Å². The number of aromatic nitrogens is 2. The van der Waals surface area contributed by atoms with Gasteiger partial charge in [-0.2, -0.15) is 4.98 Å². The van der Waals surface area contributed by atoms with Crippen molar-refractivity contribution >= 4 is 12.4 Å². The van der Waals surface area contributed by atoms with E-state index >= 15 is 0 Å². The summed E-state index contributed by atoms with van der Waals surface area (Å²) in [6.07, 6.45) is 2.89. The van der Waals surface area contributed by atoms with E-state index in [2.05, 4.69) is 10.1 Å². The summed E-state index contributed by atoms with van der Waals surface area (Å²) in [5.74, 6) is 2.44. The highest BCUT2D eigenvalue weighted by molar-refractivity contribution is 5.85. The first-order valence-electron chi connectivity index (χ1n) is 6.93. The van der Waals surface area contributed by atoms with Crippen molar-refractivity contribution in [3.63, 3.8) is 0 Å². The molecule has 0 bridgehead atoms. The van der Waals surface area contributed by atoms with Gasteiger partial charge in [0.25, 0.3) is 5.89 Å². The molecule has 0 spiro atoms. The van der Waals surface area contributed by atoms with E-state index in [0.29, 0.717) is 11.7 Å². The molecule has 1 aromatic heterocycles. The van der Waals surface area contributed by atoms with Crippen LogP contribution in [-0.2, 0) is 5.54 Å². The number of methoxy groups -OCH3 is 2. The lowest BCUT2D eigenvalue weighted by Gasteiger charge is -2.34. The van der Waals surface area contributed by atoms with Crippen molar-refractivity contribution in [2.24, 2.45) is 5.73 Å². The lowest BCUT2D eigenvalue weighted by atomic mass is 9.77. The van der Waals surface area contributed by atoms with Crippen molar-refractivity contribution in [1.82, 2.24) is 10.1 Å². The maximum absolute atomic E-state index is 6.22. The molecule has 1 heterocycles. The van der Waals surface area contributed by atoms with Gasteiger partial charge in [-0.1, -0.05) is 5.16 Å². The molecule has 0 aliphatic heterocycles. The third kappa shape index (κ3) is 2.64. The van der Waals surface area contributed by atoms with Gasteiger partial charge in [0.2, 0.25) is 0 Å². The molecule has 0 radical (unpaired) electrons. The highest BCUT2D eigenvalue weighted by atomic mass is 35.5. The van der Waals surface area contributed by atoms with Gasteiger partial charge in [-0.25, -0.2) is 0 Å². The summed E-state index contributed by atoms with van der Waals surface area (Å²) in [6, 6.07) is 3.72. The summed E-state index contributed by atoms with van der Waals surface area (Å²) in [6.45, 7) is 1.93. The van der Waals surface area contributed by atoms with Crippen LogP contribution in [0.5, 0.6) is 11.5 Å². The second-order valence-electron chi connectivity index (χ2n) is 5.44. The van der Waals surface area contributed by atoms with Crippen LogP contribution in [0.1, 0.15) is 30.7 Å². The zero-order valence-electron chi connectivity index (χ0n) is 12.9. The number of hydrogen-bond donors (Lipinski definition) is 1. The molecule has 1 aliphatic carbocycles. The molecule has 0 amide bonds. The van der Waals surface area contributed by atoms with Gasteiger partial charge in [0.05, 0.1) is 19.8 Å². The molecule has 1 fully saturated rings. The third-order valence-electron chi connectivity index (χ3n) is 4.12. The Morgan fingerprint density at radius 3 is 2.23 bits per heavy atom. The minimum absolute atomic E-state index is 0. The van der Waals surface area contributed by atoms with Crippen molar-refractivity contribution in [3.05, 3.63) is 23.5 Å². The summed E-state index contributed by atoms with van der Waals surface area (Å²) in [5.41, 5.74) is 7.48. The standard InChI is InChI=1S/C15H19N3O3.ClH/c1-9-11(19-2)7-10(8-12(9)20-3)13-17-14(18-21-13)15(16)5-4-6-15;/h7-8H,4-6,16H2,1-3H3;1H. The lowest BCUT2D eigenvalue weighted by molar-refractivity contribution is 0.229. The number of benzene rings is 1. The Morgan fingerprint density at radius 2 is 1.77 bits per heavy atom. The molecule has 22 heavy (non-hydrogen) atoms. The van der Waals surface area contributed by atoms with E-state index in [1.807, 2.05) is 19.1 Å². The molecule has 2 N–H and O–H groups in total. The van der Waals surface area contributed by atoms with Crippen LogP contribution in [0.25, 0.3) is 11.5 Å². The number of nitrogens with zero attached hydrogens (tertiary/aromatic N) is 2. The summed E-state index contributed by atoms with van der Waals surface area (Å²) in [5, 5.41) is 4.03.